The van der Waals surface area contributed by atoms with E-state index >= 15 is 0 Å². The largest absolute Gasteiger partial charge is 0.493 e. The second kappa shape index (κ2) is 5.97. The van der Waals surface area contributed by atoms with Gasteiger partial charge in [-0.25, -0.2) is 0 Å². The van der Waals surface area contributed by atoms with Crippen molar-refractivity contribution in [2.45, 2.75) is 12.5 Å². The zero-order valence-corrected chi connectivity index (χ0v) is 12.5. The summed E-state index contributed by atoms with van der Waals surface area (Å²) >= 11 is 0. The van der Waals surface area contributed by atoms with E-state index in [0.717, 1.165) is 16.9 Å². The summed E-state index contributed by atoms with van der Waals surface area (Å²) in [6.07, 6.45) is 1.33. The molecule has 2 aromatic carbocycles. The summed E-state index contributed by atoms with van der Waals surface area (Å²) in [5.74, 6) is 2.69. The average molecular weight is 299 g/mol. The van der Waals surface area contributed by atoms with Crippen molar-refractivity contribution < 1.29 is 19.0 Å². The Hall–Kier alpha value is -2.69. The lowest BCUT2D eigenvalue weighted by atomic mass is 9.99. The number of ether oxygens (including phenoxy) is 3. The third kappa shape index (κ3) is 2.45. The van der Waals surface area contributed by atoms with Gasteiger partial charge in [0.25, 0.3) is 0 Å². The van der Waals surface area contributed by atoms with Crippen molar-refractivity contribution >= 4 is 6.41 Å². The third-order valence-corrected chi connectivity index (χ3v) is 3.77. The van der Waals surface area contributed by atoms with Crippen LogP contribution in [0.15, 0.2) is 36.4 Å². The molecule has 1 atom stereocenters. The van der Waals surface area contributed by atoms with Crippen LogP contribution in [0.4, 0.5) is 0 Å². The van der Waals surface area contributed by atoms with Crippen molar-refractivity contribution in [1.82, 2.24) is 5.32 Å². The number of hydrogen-bond donors (Lipinski definition) is 1. The molecule has 1 N–H and O–H groups in total. The van der Waals surface area contributed by atoms with E-state index in [4.69, 9.17) is 14.2 Å². The fourth-order valence-corrected chi connectivity index (χ4v) is 2.70. The highest BCUT2D eigenvalue weighted by Gasteiger charge is 2.24. The minimum absolute atomic E-state index is 0.145. The molecule has 5 heteroatoms. The van der Waals surface area contributed by atoms with Crippen molar-refractivity contribution in [2.24, 2.45) is 0 Å². The summed E-state index contributed by atoms with van der Waals surface area (Å²) in [5, 5.41) is 2.86. The van der Waals surface area contributed by atoms with Crippen LogP contribution in [0.25, 0.3) is 0 Å². The maximum absolute atomic E-state index is 10.9. The average Bonchev–Trinajstić information content (AvgIpc) is 2.70. The van der Waals surface area contributed by atoms with Gasteiger partial charge in [0, 0.05) is 23.6 Å². The summed E-state index contributed by atoms with van der Waals surface area (Å²) in [6, 6.07) is 11.2. The second-order valence-corrected chi connectivity index (χ2v) is 5.00. The second-order valence-electron chi connectivity index (χ2n) is 5.00. The third-order valence-electron chi connectivity index (χ3n) is 3.77. The number of benzene rings is 2. The molecular weight excluding hydrogens is 282 g/mol. The first-order valence-corrected chi connectivity index (χ1v) is 6.98. The van der Waals surface area contributed by atoms with E-state index in [0.29, 0.717) is 30.1 Å². The Morgan fingerprint density at radius 3 is 2.59 bits per heavy atom. The minimum atomic E-state index is -0.145. The molecule has 1 amide bonds. The van der Waals surface area contributed by atoms with Crippen molar-refractivity contribution in [3.05, 3.63) is 47.5 Å². The van der Waals surface area contributed by atoms with Crippen LogP contribution in [0.3, 0.4) is 0 Å². The number of nitrogens with one attached hydrogen (secondary N) is 1. The molecule has 1 aliphatic rings. The predicted octanol–water partition coefficient (Wildman–Crippen LogP) is 2.84. The lowest BCUT2D eigenvalue weighted by molar-refractivity contribution is -0.110. The number of fused-ring (bicyclic) bond motifs is 2. The summed E-state index contributed by atoms with van der Waals surface area (Å²) < 4.78 is 16.7. The van der Waals surface area contributed by atoms with Gasteiger partial charge in [-0.15, -0.1) is 0 Å². The number of carbonyl (C=O) groups is 1. The zero-order valence-electron chi connectivity index (χ0n) is 12.5. The number of hydrogen-bond acceptors (Lipinski definition) is 4. The first-order valence-electron chi connectivity index (χ1n) is 6.98. The molecule has 0 radical (unpaired) electrons. The van der Waals surface area contributed by atoms with Crippen molar-refractivity contribution in [3.8, 4) is 23.0 Å². The van der Waals surface area contributed by atoms with Gasteiger partial charge in [-0.2, -0.15) is 0 Å². The van der Waals surface area contributed by atoms with Crippen LogP contribution in [0.2, 0.25) is 0 Å². The van der Waals surface area contributed by atoms with Crippen molar-refractivity contribution in [3.63, 3.8) is 0 Å². The monoisotopic (exact) mass is 299 g/mol. The number of para-hydroxylation sites is 1. The van der Waals surface area contributed by atoms with Gasteiger partial charge in [-0.05, 0) is 12.1 Å². The molecule has 3 rings (SSSR count). The van der Waals surface area contributed by atoms with E-state index in [1.807, 2.05) is 36.4 Å². The number of rotatable bonds is 4. The van der Waals surface area contributed by atoms with Crippen LogP contribution in [-0.2, 0) is 11.2 Å². The predicted molar refractivity (Wildman–Crippen MR) is 81.7 cm³/mol. The van der Waals surface area contributed by atoms with Gasteiger partial charge < -0.3 is 19.5 Å². The lowest BCUT2D eigenvalue weighted by Gasteiger charge is -2.15. The topological polar surface area (TPSA) is 56.8 Å². The Kier molecular flexibility index (Phi) is 3.87. The summed E-state index contributed by atoms with van der Waals surface area (Å²) in [4.78, 5) is 10.9. The fourth-order valence-electron chi connectivity index (χ4n) is 2.70. The van der Waals surface area contributed by atoms with Crippen LogP contribution in [0.1, 0.15) is 17.2 Å². The van der Waals surface area contributed by atoms with Gasteiger partial charge in [-0.3, -0.25) is 4.79 Å². The fraction of sp³-hybridized carbons (Fsp3) is 0.235. The summed E-state index contributed by atoms with van der Waals surface area (Å²) in [6.45, 7) is 0. The maximum atomic E-state index is 10.9. The Morgan fingerprint density at radius 2 is 1.86 bits per heavy atom. The first-order chi connectivity index (χ1) is 10.8. The molecular formula is C17H17NO4. The van der Waals surface area contributed by atoms with E-state index in [9.17, 15) is 4.79 Å². The molecule has 0 fully saturated rings. The lowest BCUT2D eigenvalue weighted by Crippen LogP contribution is -2.21. The van der Waals surface area contributed by atoms with Crippen LogP contribution < -0.4 is 19.5 Å². The SMILES string of the molecule is COc1cc2c(cc1OC)Oc1ccccc1C(NC=O)C2. The Labute approximate surface area is 128 Å². The van der Waals surface area contributed by atoms with Gasteiger partial charge in [0.15, 0.2) is 11.5 Å². The number of amides is 1. The smallest absolute Gasteiger partial charge is 0.207 e. The normalized spacial score (nSPS) is 15.6. The van der Waals surface area contributed by atoms with Gasteiger partial charge in [-0.1, -0.05) is 18.2 Å². The summed E-state index contributed by atoms with van der Waals surface area (Å²) in [5.41, 5.74) is 1.90. The molecule has 1 aliphatic heterocycles. The highest BCUT2D eigenvalue weighted by Crippen LogP contribution is 2.42. The molecule has 0 aromatic heterocycles. The first kappa shape index (κ1) is 14.3. The maximum Gasteiger partial charge on any atom is 0.207 e. The molecule has 0 bridgehead atoms. The van der Waals surface area contributed by atoms with Crippen LogP contribution in [0, 0.1) is 0 Å². The molecule has 114 valence electrons. The van der Waals surface area contributed by atoms with E-state index < -0.39 is 0 Å². The van der Waals surface area contributed by atoms with Gasteiger partial charge in [0.1, 0.15) is 11.5 Å². The van der Waals surface area contributed by atoms with E-state index in [1.54, 1.807) is 14.2 Å². The van der Waals surface area contributed by atoms with E-state index in [2.05, 4.69) is 5.32 Å². The molecule has 1 heterocycles. The Balaban J connectivity index is 2.11. The molecule has 2 aromatic rings. The zero-order chi connectivity index (χ0) is 15.5. The van der Waals surface area contributed by atoms with Gasteiger partial charge in [0.05, 0.1) is 20.3 Å². The molecule has 0 spiro atoms. The van der Waals surface area contributed by atoms with Crippen LogP contribution in [0.5, 0.6) is 23.0 Å². The molecule has 5 nitrogen and oxygen atoms in total. The molecule has 0 aliphatic carbocycles. The van der Waals surface area contributed by atoms with Crippen molar-refractivity contribution in [1.29, 1.82) is 0 Å². The summed E-state index contributed by atoms with van der Waals surface area (Å²) in [7, 11) is 3.18. The van der Waals surface area contributed by atoms with Crippen LogP contribution >= 0.6 is 0 Å². The molecule has 0 saturated carbocycles. The minimum Gasteiger partial charge on any atom is -0.493 e. The highest BCUT2D eigenvalue weighted by molar-refractivity contribution is 5.56. The van der Waals surface area contributed by atoms with Crippen LogP contribution in [-0.4, -0.2) is 20.6 Å². The van der Waals surface area contributed by atoms with Gasteiger partial charge >= 0.3 is 0 Å². The standard InChI is InChI=1S/C17H17NO4/c1-20-16-8-11-7-13(18-10-19)12-5-3-4-6-14(12)22-15(11)9-17(16)21-2/h3-6,8-10,13H,7H2,1-2H3,(H,18,19). The Morgan fingerprint density at radius 1 is 1.14 bits per heavy atom. The molecule has 1 unspecified atom stereocenters. The van der Waals surface area contributed by atoms with E-state index in [-0.39, 0.29) is 6.04 Å². The number of methoxy groups -OCH3 is 2. The molecule has 0 saturated heterocycles. The van der Waals surface area contributed by atoms with E-state index in [1.165, 1.54) is 0 Å². The highest BCUT2D eigenvalue weighted by atomic mass is 16.5. The van der Waals surface area contributed by atoms with Gasteiger partial charge in [0.2, 0.25) is 6.41 Å². The quantitative estimate of drug-likeness (QED) is 0.882. The molecule has 22 heavy (non-hydrogen) atoms. The Bertz CT molecular complexity index is 699. The number of carbonyl (C=O) groups excluding carboxylic acids is 1. The van der Waals surface area contributed by atoms with Crippen molar-refractivity contribution in [2.75, 3.05) is 14.2 Å².